The van der Waals surface area contributed by atoms with Gasteiger partial charge >= 0.3 is 6.09 Å². The Morgan fingerprint density at radius 1 is 1.28 bits per heavy atom. The fourth-order valence-corrected chi connectivity index (χ4v) is 2.17. The van der Waals surface area contributed by atoms with E-state index in [4.69, 9.17) is 21.1 Å². The first-order valence-corrected chi connectivity index (χ1v) is 8.45. The van der Waals surface area contributed by atoms with Gasteiger partial charge in [0.15, 0.2) is 5.65 Å². The summed E-state index contributed by atoms with van der Waals surface area (Å²) in [5.74, 6) is 0. The van der Waals surface area contributed by atoms with Crippen LogP contribution < -0.4 is 5.32 Å². The monoisotopic (exact) mass is 368 g/mol. The fourth-order valence-electron chi connectivity index (χ4n) is 2.02. The van der Waals surface area contributed by atoms with Crippen molar-refractivity contribution in [2.24, 2.45) is 0 Å². The molecular formula is C17H25ClN4O3. The minimum atomic E-state index is -0.590. The Balaban J connectivity index is 2.24. The van der Waals surface area contributed by atoms with Gasteiger partial charge in [-0.2, -0.15) is 5.10 Å². The normalized spacial score (nSPS) is 13.7. The van der Waals surface area contributed by atoms with Crippen molar-refractivity contribution in [1.82, 2.24) is 19.9 Å². The molecule has 0 aliphatic rings. The summed E-state index contributed by atoms with van der Waals surface area (Å²) in [6.45, 7) is 11.5. The van der Waals surface area contributed by atoms with Gasteiger partial charge in [0.05, 0.1) is 41.4 Å². The molecule has 8 heteroatoms. The SMILES string of the molecule is CC(C)(C)OC[C@H](NC(=O)OC(C)(C)C)c1cn2ncc(Cl)cc2n1. The van der Waals surface area contributed by atoms with E-state index in [1.54, 1.807) is 16.8 Å². The first kappa shape index (κ1) is 19.5. The highest BCUT2D eigenvalue weighted by Crippen LogP contribution is 2.19. The molecule has 0 spiro atoms. The summed E-state index contributed by atoms with van der Waals surface area (Å²) < 4.78 is 12.8. The predicted molar refractivity (Wildman–Crippen MR) is 95.8 cm³/mol. The molecule has 2 aromatic heterocycles. The van der Waals surface area contributed by atoms with Gasteiger partial charge in [-0.25, -0.2) is 14.3 Å². The molecule has 0 aliphatic heterocycles. The lowest BCUT2D eigenvalue weighted by Crippen LogP contribution is -2.38. The number of carbonyl (C=O) groups is 1. The molecule has 7 nitrogen and oxygen atoms in total. The maximum Gasteiger partial charge on any atom is 0.408 e. The number of hydrogen-bond donors (Lipinski definition) is 1. The fraction of sp³-hybridized carbons (Fsp3) is 0.588. The second kappa shape index (κ2) is 7.17. The third-order valence-corrected chi connectivity index (χ3v) is 3.24. The van der Waals surface area contributed by atoms with Crippen LogP contribution >= 0.6 is 11.6 Å². The number of nitrogens with zero attached hydrogens (tertiary/aromatic N) is 3. The molecule has 2 aromatic rings. The number of rotatable bonds is 4. The van der Waals surface area contributed by atoms with Crippen LogP contribution in [0.4, 0.5) is 4.79 Å². The number of hydrogen-bond acceptors (Lipinski definition) is 5. The molecule has 0 radical (unpaired) electrons. The van der Waals surface area contributed by atoms with Gasteiger partial charge in [-0.1, -0.05) is 11.6 Å². The molecule has 0 saturated heterocycles. The number of nitrogens with one attached hydrogen (secondary N) is 1. The highest BCUT2D eigenvalue weighted by molar-refractivity contribution is 6.30. The number of amides is 1. The summed E-state index contributed by atoms with van der Waals surface area (Å²) >= 11 is 5.96. The Bertz CT molecular complexity index is 746. The Kier molecular flexibility index (Phi) is 5.58. The highest BCUT2D eigenvalue weighted by Gasteiger charge is 2.24. The molecular weight excluding hydrogens is 344 g/mol. The standard InChI is InChI=1S/C17H25ClN4O3/c1-16(2,3)24-10-13(21-15(23)25-17(4,5)6)12-9-22-14(20-12)7-11(18)8-19-22/h7-9,13H,10H2,1-6H3,(H,21,23)/t13-/m0/s1. The zero-order valence-electron chi connectivity index (χ0n) is 15.5. The first-order chi connectivity index (χ1) is 11.4. The van der Waals surface area contributed by atoms with Crippen LogP contribution in [-0.4, -0.2) is 38.5 Å². The van der Waals surface area contributed by atoms with Crippen molar-refractivity contribution in [2.45, 2.75) is 58.8 Å². The summed E-state index contributed by atoms with van der Waals surface area (Å²) in [6, 6.07) is 1.22. The Hall–Kier alpha value is -1.86. The third-order valence-electron chi connectivity index (χ3n) is 3.04. The number of fused-ring (bicyclic) bond motifs is 1. The minimum Gasteiger partial charge on any atom is -0.444 e. The number of aromatic nitrogens is 3. The second-order valence-corrected chi connectivity index (χ2v) is 8.20. The number of imidazole rings is 1. The lowest BCUT2D eigenvalue weighted by atomic mass is 10.2. The van der Waals surface area contributed by atoms with E-state index < -0.39 is 17.7 Å². The van der Waals surface area contributed by atoms with Gasteiger partial charge in [0.2, 0.25) is 0 Å². The minimum absolute atomic E-state index is 0.250. The van der Waals surface area contributed by atoms with Crippen LogP contribution in [0.2, 0.25) is 5.02 Å². The second-order valence-electron chi connectivity index (χ2n) is 7.76. The number of ether oxygens (including phenoxy) is 2. The van der Waals surface area contributed by atoms with Crippen LogP contribution in [0.5, 0.6) is 0 Å². The van der Waals surface area contributed by atoms with Crippen molar-refractivity contribution in [2.75, 3.05) is 6.61 Å². The molecule has 0 bridgehead atoms. The van der Waals surface area contributed by atoms with Crippen molar-refractivity contribution >= 4 is 23.3 Å². The maximum absolute atomic E-state index is 12.2. The lowest BCUT2D eigenvalue weighted by molar-refractivity contribution is -0.0179. The van der Waals surface area contributed by atoms with E-state index in [-0.39, 0.29) is 12.2 Å². The molecule has 0 aromatic carbocycles. The summed E-state index contributed by atoms with van der Waals surface area (Å²) in [7, 11) is 0. The lowest BCUT2D eigenvalue weighted by Gasteiger charge is -2.26. The Morgan fingerprint density at radius 2 is 1.96 bits per heavy atom. The van der Waals surface area contributed by atoms with Gasteiger partial charge in [-0.3, -0.25) is 0 Å². The molecule has 1 amide bonds. The Labute approximate surface area is 152 Å². The molecule has 0 saturated carbocycles. The van der Waals surface area contributed by atoms with E-state index >= 15 is 0 Å². The largest absolute Gasteiger partial charge is 0.444 e. The van der Waals surface area contributed by atoms with Gasteiger partial charge in [0.1, 0.15) is 5.60 Å². The van der Waals surface area contributed by atoms with Gasteiger partial charge in [-0.15, -0.1) is 0 Å². The molecule has 138 valence electrons. The topological polar surface area (TPSA) is 77.8 Å². The summed E-state index contributed by atoms with van der Waals surface area (Å²) in [4.78, 5) is 16.7. The molecule has 0 aliphatic carbocycles. The maximum atomic E-state index is 12.2. The number of halogens is 1. The van der Waals surface area contributed by atoms with E-state index in [0.29, 0.717) is 16.4 Å². The van der Waals surface area contributed by atoms with Crippen LogP contribution in [0.1, 0.15) is 53.3 Å². The van der Waals surface area contributed by atoms with Crippen LogP contribution in [0.15, 0.2) is 18.5 Å². The van der Waals surface area contributed by atoms with Crippen LogP contribution in [0.25, 0.3) is 5.65 Å². The van der Waals surface area contributed by atoms with Gasteiger partial charge in [-0.05, 0) is 41.5 Å². The average Bonchev–Trinajstić information content (AvgIpc) is 2.83. The van der Waals surface area contributed by atoms with E-state index in [1.807, 2.05) is 41.5 Å². The quantitative estimate of drug-likeness (QED) is 0.888. The zero-order chi connectivity index (χ0) is 18.8. The van der Waals surface area contributed by atoms with Crippen LogP contribution in [-0.2, 0) is 9.47 Å². The molecule has 0 unspecified atom stereocenters. The van der Waals surface area contributed by atoms with Gasteiger partial charge in [0.25, 0.3) is 0 Å². The van der Waals surface area contributed by atoms with Gasteiger partial charge < -0.3 is 14.8 Å². The van der Waals surface area contributed by atoms with Crippen molar-refractivity contribution in [3.8, 4) is 0 Å². The van der Waals surface area contributed by atoms with Crippen molar-refractivity contribution < 1.29 is 14.3 Å². The number of carbonyl (C=O) groups excluding carboxylic acids is 1. The molecule has 1 atom stereocenters. The van der Waals surface area contributed by atoms with Gasteiger partial charge in [0, 0.05) is 6.07 Å². The summed E-state index contributed by atoms with van der Waals surface area (Å²) in [6.07, 6.45) is 2.74. The van der Waals surface area contributed by atoms with Crippen LogP contribution in [0, 0.1) is 0 Å². The molecule has 25 heavy (non-hydrogen) atoms. The first-order valence-electron chi connectivity index (χ1n) is 8.07. The van der Waals surface area contributed by atoms with Crippen molar-refractivity contribution in [1.29, 1.82) is 0 Å². The van der Waals surface area contributed by atoms with E-state index in [2.05, 4.69) is 15.4 Å². The summed E-state index contributed by atoms with van der Waals surface area (Å²) in [5, 5.41) is 7.48. The molecule has 2 heterocycles. The molecule has 1 N–H and O–H groups in total. The average molecular weight is 369 g/mol. The van der Waals surface area contributed by atoms with Crippen LogP contribution in [0.3, 0.4) is 0 Å². The van der Waals surface area contributed by atoms with Crippen molar-refractivity contribution in [3.63, 3.8) is 0 Å². The zero-order valence-corrected chi connectivity index (χ0v) is 16.2. The number of alkyl carbamates (subject to hydrolysis) is 1. The van der Waals surface area contributed by atoms with Crippen molar-refractivity contribution in [3.05, 3.63) is 29.2 Å². The molecule has 2 rings (SSSR count). The summed E-state index contributed by atoms with van der Waals surface area (Å²) in [5.41, 5.74) is 0.265. The smallest absolute Gasteiger partial charge is 0.408 e. The third kappa shape index (κ3) is 6.17. The Morgan fingerprint density at radius 3 is 2.56 bits per heavy atom. The highest BCUT2D eigenvalue weighted by atomic mass is 35.5. The molecule has 0 fully saturated rings. The van der Waals surface area contributed by atoms with E-state index in [1.165, 1.54) is 6.20 Å². The van der Waals surface area contributed by atoms with E-state index in [9.17, 15) is 4.79 Å². The van der Waals surface area contributed by atoms with E-state index in [0.717, 1.165) is 0 Å². The predicted octanol–water partition coefficient (Wildman–Crippen LogP) is 3.76.